The lowest BCUT2D eigenvalue weighted by molar-refractivity contribution is 0.0687. The first-order chi connectivity index (χ1) is 14.3. The number of fused-ring (bicyclic) bond motifs is 2. The lowest BCUT2D eigenvalue weighted by atomic mass is 10.00. The number of nitrogens with one attached hydrogen (secondary N) is 1. The summed E-state index contributed by atoms with van der Waals surface area (Å²) in [4.78, 5) is 13.5. The number of pyridine rings is 1. The standard InChI is InChI=1S/C24H25N5O/c1-14-18-7-5-6-8-19(18)21(28-14)22-15(2)27-20-10-9-16(13-29(20)22)17-11-25-23(26-12-17)24(3,4)30/h5-14,21,28,30H,1-4H3/t14-,21-/m0/s1. The molecule has 5 rings (SSSR count). The van der Waals surface area contributed by atoms with Gasteiger partial charge in [0.1, 0.15) is 11.2 Å². The Labute approximate surface area is 175 Å². The molecule has 0 unspecified atom stereocenters. The predicted octanol–water partition coefficient (Wildman–Crippen LogP) is 4.08. The summed E-state index contributed by atoms with van der Waals surface area (Å²) >= 11 is 0. The molecule has 0 spiro atoms. The third-order valence-electron chi connectivity index (χ3n) is 5.84. The smallest absolute Gasteiger partial charge is 0.159 e. The molecule has 2 N–H and O–H groups in total. The first-order valence-corrected chi connectivity index (χ1v) is 10.2. The minimum absolute atomic E-state index is 0.0928. The molecule has 3 aromatic heterocycles. The van der Waals surface area contributed by atoms with Gasteiger partial charge in [-0.1, -0.05) is 24.3 Å². The maximum absolute atomic E-state index is 10.1. The van der Waals surface area contributed by atoms with Gasteiger partial charge in [0.2, 0.25) is 0 Å². The van der Waals surface area contributed by atoms with Crippen LogP contribution in [0.4, 0.5) is 0 Å². The Bertz CT molecular complexity index is 1240. The van der Waals surface area contributed by atoms with Crippen LogP contribution in [0.2, 0.25) is 0 Å². The zero-order valence-corrected chi connectivity index (χ0v) is 17.6. The van der Waals surface area contributed by atoms with Crippen molar-refractivity contribution in [1.82, 2.24) is 24.7 Å². The number of aliphatic hydroxyl groups is 1. The number of aromatic nitrogens is 4. The fourth-order valence-corrected chi connectivity index (χ4v) is 4.32. The van der Waals surface area contributed by atoms with E-state index < -0.39 is 5.60 Å². The molecular formula is C24H25N5O. The molecule has 1 aliphatic rings. The first kappa shape index (κ1) is 18.9. The molecule has 0 aliphatic carbocycles. The van der Waals surface area contributed by atoms with Gasteiger partial charge in [0, 0.05) is 35.8 Å². The summed E-state index contributed by atoms with van der Waals surface area (Å²) in [7, 11) is 0. The molecule has 2 atom stereocenters. The zero-order valence-electron chi connectivity index (χ0n) is 17.6. The van der Waals surface area contributed by atoms with Crippen LogP contribution in [-0.4, -0.2) is 24.5 Å². The summed E-state index contributed by atoms with van der Waals surface area (Å²) < 4.78 is 2.17. The highest BCUT2D eigenvalue weighted by Crippen LogP contribution is 2.38. The lowest BCUT2D eigenvalue weighted by Gasteiger charge is -2.16. The summed E-state index contributed by atoms with van der Waals surface area (Å²) in [6, 6.07) is 13.0. The molecule has 1 aromatic carbocycles. The van der Waals surface area contributed by atoms with E-state index in [1.165, 1.54) is 11.1 Å². The molecule has 1 aliphatic heterocycles. The van der Waals surface area contributed by atoms with Crippen molar-refractivity contribution in [3.8, 4) is 11.1 Å². The van der Waals surface area contributed by atoms with Crippen LogP contribution in [0, 0.1) is 6.92 Å². The van der Waals surface area contributed by atoms with E-state index in [1.54, 1.807) is 26.2 Å². The summed E-state index contributed by atoms with van der Waals surface area (Å²) in [5, 5.41) is 13.8. The third kappa shape index (κ3) is 3.00. The Balaban J connectivity index is 1.61. The largest absolute Gasteiger partial charge is 0.382 e. The molecular weight excluding hydrogens is 374 g/mol. The molecule has 152 valence electrons. The van der Waals surface area contributed by atoms with E-state index in [-0.39, 0.29) is 6.04 Å². The van der Waals surface area contributed by atoms with Crippen LogP contribution in [0.25, 0.3) is 16.8 Å². The van der Waals surface area contributed by atoms with Gasteiger partial charge in [-0.2, -0.15) is 0 Å². The summed E-state index contributed by atoms with van der Waals surface area (Å²) in [6.45, 7) is 7.63. The van der Waals surface area contributed by atoms with Gasteiger partial charge in [-0.15, -0.1) is 0 Å². The van der Waals surface area contributed by atoms with Gasteiger partial charge in [0.15, 0.2) is 5.82 Å². The lowest BCUT2D eigenvalue weighted by Crippen LogP contribution is -2.19. The first-order valence-electron chi connectivity index (χ1n) is 10.2. The van der Waals surface area contributed by atoms with E-state index in [2.05, 4.69) is 64.0 Å². The highest BCUT2D eigenvalue weighted by atomic mass is 16.3. The maximum Gasteiger partial charge on any atom is 0.159 e. The van der Waals surface area contributed by atoms with Crippen LogP contribution in [0.15, 0.2) is 55.0 Å². The second kappa shape index (κ2) is 6.72. The topological polar surface area (TPSA) is 75.3 Å². The van der Waals surface area contributed by atoms with E-state index in [0.29, 0.717) is 11.9 Å². The van der Waals surface area contributed by atoms with Crippen molar-refractivity contribution in [2.45, 2.75) is 45.4 Å². The fraction of sp³-hybridized carbons (Fsp3) is 0.292. The average molecular weight is 399 g/mol. The van der Waals surface area contributed by atoms with Crippen molar-refractivity contribution < 1.29 is 5.11 Å². The average Bonchev–Trinajstić information content (AvgIpc) is 3.23. The van der Waals surface area contributed by atoms with Gasteiger partial charge >= 0.3 is 0 Å². The number of benzene rings is 1. The molecule has 0 saturated carbocycles. The number of nitrogens with zero attached hydrogens (tertiary/aromatic N) is 4. The van der Waals surface area contributed by atoms with Gasteiger partial charge in [0.05, 0.1) is 17.4 Å². The molecule has 6 heteroatoms. The summed E-state index contributed by atoms with van der Waals surface area (Å²) in [6.07, 6.45) is 5.62. The van der Waals surface area contributed by atoms with Crippen LogP contribution in [-0.2, 0) is 5.60 Å². The highest BCUT2D eigenvalue weighted by Gasteiger charge is 2.31. The van der Waals surface area contributed by atoms with Crippen LogP contribution >= 0.6 is 0 Å². The Kier molecular flexibility index (Phi) is 4.24. The summed E-state index contributed by atoms with van der Waals surface area (Å²) in [5.74, 6) is 0.409. The van der Waals surface area contributed by atoms with E-state index in [0.717, 1.165) is 28.2 Å². The van der Waals surface area contributed by atoms with Crippen molar-refractivity contribution in [3.05, 3.63) is 83.3 Å². The van der Waals surface area contributed by atoms with Crippen LogP contribution in [0.5, 0.6) is 0 Å². The van der Waals surface area contributed by atoms with Crippen LogP contribution < -0.4 is 5.32 Å². The minimum Gasteiger partial charge on any atom is -0.382 e. The monoisotopic (exact) mass is 399 g/mol. The number of hydrogen-bond acceptors (Lipinski definition) is 5. The third-order valence-corrected chi connectivity index (χ3v) is 5.84. The van der Waals surface area contributed by atoms with Gasteiger partial charge in [0.25, 0.3) is 0 Å². The number of rotatable bonds is 3. The van der Waals surface area contributed by atoms with Gasteiger partial charge in [-0.3, -0.25) is 5.32 Å². The molecule has 0 fully saturated rings. The van der Waals surface area contributed by atoms with Crippen LogP contribution in [0.1, 0.15) is 61.2 Å². The van der Waals surface area contributed by atoms with E-state index in [1.807, 2.05) is 12.1 Å². The molecule has 6 nitrogen and oxygen atoms in total. The molecule has 0 radical (unpaired) electrons. The molecule has 30 heavy (non-hydrogen) atoms. The van der Waals surface area contributed by atoms with E-state index in [9.17, 15) is 5.11 Å². The number of imidazole rings is 1. The quantitative estimate of drug-likeness (QED) is 0.543. The molecule has 4 heterocycles. The van der Waals surface area contributed by atoms with E-state index >= 15 is 0 Å². The molecule has 0 amide bonds. The second-order valence-electron chi connectivity index (χ2n) is 8.53. The molecule has 4 aromatic rings. The van der Waals surface area contributed by atoms with Crippen molar-refractivity contribution in [2.75, 3.05) is 0 Å². The van der Waals surface area contributed by atoms with Crippen molar-refractivity contribution in [2.24, 2.45) is 0 Å². The Morgan fingerprint density at radius 3 is 2.40 bits per heavy atom. The predicted molar refractivity (Wildman–Crippen MR) is 116 cm³/mol. The second-order valence-corrected chi connectivity index (χ2v) is 8.53. The van der Waals surface area contributed by atoms with Crippen molar-refractivity contribution in [3.63, 3.8) is 0 Å². The normalized spacial score (nSPS) is 18.7. The fourth-order valence-electron chi connectivity index (χ4n) is 4.32. The maximum atomic E-state index is 10.1. The van der Waals surface area contributed by atoms with Crippen molar-refractivity contribution >= 4 is 5.65 Å². The van der Waals surface area contributed by atoms with Gasteiger partial charge in [-0.25, -0.2) is 15.0 Å². The Hall–Kier alpha value is -3.09. The van der Waals surface area contributed by atoms with Crippen molar-refractivity contribution in [1.29, 1.82) is 0 Å². The highest BCUT2D eigenvalue weighted by molar-refractivity contribution is 5.64. The molecule has 0 bridgehead atoms. The zero-order chi connectivity index (χ0) is 21.0. The minimum atomic E-state index is -1.06. The Morgan fingerprint density at radius 1 is 1.00 bits per heavy atom. The SMILES string of the molecule is Cc1nc2ccc(-c3cnc(C(C)(C)O)nc3)cn2c1[C@H]1N[C@@H](C)c2ccccc21. The van der Waals surface area contributed by atoms with Gasteiger partial charge < -0.3 is 9.51 Å². The van der Waals surface area contributed by atoms with Gasteiger partial charge in [-0.05, 0) is 51.0 Å². The van der Waals surface area contributed by atoms with E-state index in [4.69, 9.17) is 4.98 Å². The number of hydrogen-bond donors (Lipinski definition) is 2. The summed E-state index contributed by atoms with van der Waals surface area (Å²) in [5.41, 5.74) is 6.56. The van der Waals surface area contributed by atoms with Crippen LogP contribution in [0.3, 0.4) is 0 Å². The number of aryl methyl sites for hydroxylation is 1. The molecule has 0 saturated heterocycles. The Morgan fingerprint density at radius 2 is 1.70 bits per heavy atom.